The van der Waals surface area contributed by atoms with Gasteiger partial charge in [0.25, 0.3) is 0 Å². The smallest absolute Gasteiger partial charge is 0.468 e. The average Bonchev–Trinajstić information content (AvgIpc) is 2.90. The minimum Gasteiger partial charge on any atom is -0.468 e. The van der Waals surface area contributed by atoms with Crippen LogP contribution in [0.3, 0.4) is 0 Å². The molecular formula is C14H13F3N2O3. The third kappa shape index (κ3) is 5.49. The molecule has 118 valence electrons. The molecule has 5 nitrogen and oxygen atoms in total. The van der Waals surface area contributed by atoms with Crippen molar-refractivity contribution < 1.29 is 27.1 Å². The van der Waals surface area contributed by atoms with Gasteiger partial charge in [-0.1, -0.05) is 6.07 Å². The summed E-state index contributed by atoms with van der Waals surface area (Å²) in [5.41, 5.74) is 0.214. The molecular weight excluding hydrogens is 301 g/mol. The van der Waals surface area contributed by atoms with Gasteiger partial charge in [0.2, 0.25) is 5.91 Å². The first-order chi connectivity index (χ1) is 10.4. The molecule has 0 aliphatic heterocycles. The van der Waals surface area contributed by atoms with Gasteiger partial charge in [0, 0.05) is 11.8 Å². The van der Waals surface area contributed by atoms with Crippen LogP contribution in [0.1, 0.15) is 5.76 Å². The van der Waals surface area contributed by atoms with Crippen LogP contribution in [-0.2, 0) is 11.3 Å². The lowest BCUT2D eigenvalue weighted by atomic mass is 10.3. The monoisotopic (exact) mass is 314 g/mol. The average molecular weight is 314 g/mol. The fourth-order valence-electron chi connectivity index (χ4n) is 1.69. The summed E-state index contributed by atoms with van der Waals surface area (Å²) in [6.07, 6.45) is -3.25. The fraction of sp³-hybridized carbons (Fsp3) is 0.214. The van der Waals surface area contributed by atoms with Crippen LogP contribution in [0.5, 0.6) is 5.75 Å². The van der Waals surface area contributed by atoms with Crippen LogP contribution in [0, 0.1) is 0 Å². The van der Waals surface area contributed by atoms with E-state index in [0.717, 1.165) is 12.1 Å². The Kier molecular flexibility index (Phi) is 5.05. The lowest BCUT2D eigenvalue weighted by molar-refractivity contribution is -0.274. The van der Waals surface area contributed by atoms with Gasteiger partial charge in [-0.25, -0.2) is 0 Å². The number of ether oxygens (including phenoxy) is 1. The van der Waals surface area contributed by atoms with Crippen LogP contribution in [-0.4, -0.2) is 18.8 Å². The summed E-state index contributed by atoms with van der Waals surface area (Å²) in [5.74, 6) is -0.113. The minimum absolute atomic E-state index is 0.00887. The molecule has 0 fully saturated rings. The first-order valence-electron chi connectivity index (χ1n) is 6.31. The lowest BCUT2D eigenvalue weighted by Gasteiger charge is -2.11. The molecule has 0 saturated heterocycles. The number of amides is 1. The molecule has 2 rings (SSSR count). The standard InChI is InChI=1S/C14H13F3N2O3/c15-14(16,17)22-11-4-1-3-10(7-11)19-13(20)9-18-8-12-5-2-6-21-12/h1-7,18H,8-9H2,(H,19,20). The molecule has 0 aliphatic rings. The van der Waals surface area contributed by atoms with Gasteiger partial charge in [0.05, 0.1) is 19.4 Å². The van der Waals surface area contributed by atoms with Crippen molar-refractivity contribution in [1.29, 1.82) is 0 Å². The Balaban J connectivity index is 1.82. The van der Waals surface area contributed by atoms with E-state index in [-0.39, 0.29) is 12.2 Å². The predicted octanol–water partition coefficient (Wildman–Crippen LogP) is 2.91. The highest BCUT2D eigenvalue weighted by Gasteiger charge is 2.31. The number of alkyl halides is 3. The molecule has 1 heterocycles. The molecule has 2 aromatic rings. The van der Waals surface area contributed by atoms with Crippen LogP contribution in [0.25, 0.3) is 0 Å². The molecule has 0 aliphatic carbocycles. The number of nitrogens with one attached hydrogen (secondary N) is 2. The zero-order chi connectivity index (χ0) is 16.0. The summed E-state index contributed by atoms with van der Waals surface area (Å²) in [6, 6.07) is 8.54. The van der Waals surface area contributed by atoms with E-state index >= 15 is 0 Å². The first-order valence-corrected chi connectivity index (χ1v) is 6.31. The normalized spacial score (nSPS) is 11.2. The molecule has 2 N–H and O–H groups in total. The van der Waals surface area contributed by atoms with E-state index in [1.54, 1.807) is 12.1 Å². The predicted molar refractivity (Wildman–Crippen MR) is 72.2 cm³/mol. The largest absolute Gasteiger partial charge is 0.573 e. The van der Waals surface area contributed by atoms with Gasteiger partial charge in [-0.2, -0.15) is 0 Å². The van der Waals surface area contributed by atoms with Crippen molar-refractivity contribution in [3.63, 3.8) is 0 Å². The second-order valence-corrected chi connectivity index (χ2v) is 4.31. The maximum Gasteiger partial charge on any atom is 0.573 e. The Morgan fingerprint density at radius 1 is 1.23 bits per heavy atom. The van der Waals surface area contributed by atoms with Gasteiger partial charge in [-0.05, 0) is 24.3 Å². The molecule has 0 saturated carbocycles. The molecule has 1 aromatic carbocycles. The zero-order valence-electron chi connectivity index (χ0n) is 11.3. The van der Waals surface area contributed by atoms with E-state index in [2.05, 4.69) is 15.4 Å². The Hall–Kier alpha value is -2.48. The molecule has 1 aromatic heterocycles. The number of anilines is 1. The zero-order valence-corrected chi connectivity index (χ0v) is 11.3. The summed E-state index contributed by atoms with van der Waals surface area (Å²) < 4.78 is 45.2. The molecule has 0 atom stereocenters. The van der Waals surface area contributed by atoms with Crippen molar-refractivity contribution in [2.24, 2.45) is 0 Å². The molecule has 8 heteroatoms. The second kappa shape index (κ2) is 6.99. The van der Waals surface area contributed by atoms with Crippen molar-refractivity contribution in [2.75, 3.05) is 11.9 Å². The number of benzene rings is 1. The number of furan rings is 1. The summed E-state index contributed by atoms with van der Waals surface area (Å²) in [5, 5.41) is 5.31. The van der Waals surface area contributed by atoms with Crippen LogP contribution in [0.2, 0.25) is 0 Å². The van der Waals surface area contributed by atoms with Gasteiger partial charge >= 0.3 is 6.36 Å². The van der Waals surface area contributed by atoms with Crippen LogP contribution < -0.4 is 15.4 Å². The molecule has 0 spiro atoms. The number of hydrogen-bond acceptors (Lipinski definition) is 4. The van der Waals surface area contributed by atoms with Crippen LogP contribution >= 0.6 is 0 Å². The van der Waals surface area contributed by atoms with Gasteiger partial charge in [-0.15, -0.1) is 13.2 Å². The van der Waals surface area contributed by atoms with Crippen LogP contribution in [0.15, 0.2) is 47.1 Å². The first kappa shape index (κ1) is 15.9. The van der Waals surface area contributed by atoms with Gasteiger partial charge in [-0.3, -0.25) is 4.79 Å². The topological polar surface area (TPSA) is 63.5 Å². The number of carbonyl (C=O) groups is 1. The van der Waals surface area contributed by atoms with Gasteiger partial charge in [0.1, 0.15) is 11.5 Å². The van der Waals surface area contributed by atoms with Crippen LogP contribution in [0.4, 0.5) is 18.9 Å². The molecule has 0 radical (unpaired) electrons. The van der Waals surface area contributed by atoms with Crippen molar-refractivity contribution in [3.05, 3.63) is 48.4 Å². The van der Waals surface area contributed by atoms with E-state index in [4.69, 9.17) is 4.42 Å². The molecule has 22 heavy (non-hydrogen) atoms. The Morgan fingerprint density at radius 2 is 2.05 bits per heavy atom. The maximum atomic E-state index is 12.1. The van der Waals surface area contributed by atoms with Gasteiger partial charge in [0.15, 0.2) is 0 Å². The molecule has 0 unspecified atom stereocenters. The van der Waals surface area contributed by atoms with E-state index in [1.165, 1.54) is 18.4 Å². The summed E-state index contributed by atoms with van der Waals surface area (Å²) in [7, 11) is 0. The summed E-state index contributed by atoms with van der Waals surface area (Å²) >= 11 is 0. The number of rotatable bonds is 6. The van der Waals surface area contributed by atoms with Crippen molar-refractivity contribution >= 4 is 11.6 Å². The quantitative estimate of drug-likeness (QED) is 0.860. The number of hydrogen-bond donors (Lipinski definition) is 2. The van der Waals surface area contributed by atoms with E-state index < -0.39 is 18.0 Å². The highest BCUT2D eigenvalue weighted by Crippen LogP contribution is 2.24. The third-order valence-corrected chi connectivity index (χ3v) is 2.52. The number of halogens is 3. The van der Waals surface area contributed by atoms with E-state index in [9.17, 15) is 18.0 Å². The maximum absolute atomic E-state index is 12.1. The molecule has 0 bridgehead atoms. The van der Waals surface area contributed by atoms with Gasteiger partial charge < -0.3 is 19.8 Å². The summed E-state index contributed by atoms with van der Waals surface area (Å²) in [4.78, 5) is 11.7. The van der Waals surface area contributed by atoms with Crippen molar-refractivity contribution in [2.45, 2.75) is 12.9 Å². The number of carbonyl (C=O) groups excluding carboxylic acids is 1. The molecule has 1 amide bonds. The SMILES string of the molecule is O=C(CNCc1ccco1)Nc1cccc(OC(F)(F)F)c1. The highest BCUT2D eigenvalue weighted by atomic mass is 19.4. The van der Waals surface area contributed by atoms with E-state index in [1.807, 2.05) is 0 Å². The summed E-state index contributed by atoms with van der Waals surface area (Å²) in [6.45, 7) is 0.364. The Bertz CT molecular complexity index is 612. The third-order valence-electron chi connectivity index (χ3n) is 2.52. The Labute approximate surface area is 124 Å². The minimum atomic E-state index is -4.77. The van der Waals surface area contributed by atoms with E-state index in [0.29, 0.717) is 12.3 Å². The Morgan fingerprint density at radius 3 is 2.73 bits per heavy atom. The highest BCUT2D eigenvalue weighted by molar-refractivity contribution is 5.92. The second-order valence-electron chi connectivity index (χ2n) is 4.31. The lowest BCUT2D eigenvalue weighted by Crippen LogP contribution is -2.27. The van der Waals surface area contributed by atoms with Crippen molar-refractivity contribution in [1.82, 2.24) is 5.32 Å². The fourth-order valence-corrected chi connectivity index (χ4v) is 1.69. The van der Waals surface area contributed by atoms with Crippen molar-refractivity contribution in [3.8, 4) is 5.75 Å².